The maximum absolute atomic E-state index is 12.6. The number of carbonyl (C=O) groups excluding carboxylic acids is 2. The van der Waals surface area contributed by atoms with Crippen molar-refractivity contribution in [3.63, 3.8) is 0 Å². The Balaban J connectivity index is 1.28. The van der Waals surface area contributed by atoms with Crippen LogP contribution in [0.4, 0.5) is 5.69 Å². The van der Waals surface area contributed by atoms with Crippen LogP contribution in [-0.4, -0.2) is 33.9 Å². The van der Waals surface area contributed by atoms with Crippen LogP contribution in [0.5, 0.6) is 0 Å². The van der Waals surface area contributed by atoms with E-state index in [1.165, 1.54) is 18.4 Å². The summed E-state index contributed by atoms with van der Waals surface area (Å²) in [4.78, 5) is 24.9. The molecule has 3 aromatic carbocycles. The molecule has 186 valence electrons. The normalized spacial score (nSPS) is 11.4. The molecule has 0 saturated carbocycles. The number of esters is 1. The average Bonchev–Trinajstić information content (AvgIpc) is 3.31. The van der Waals surface area contributed by atoms with Crippen LogP contribution in [-0.2, 0) is 32.4 Å². The first-order valence-corrected chi connectivity index (χ1v) is 13.7. The first kappa shape index (κ1) is 25.6. The number of anilines is 1. The quantitative estimate of drug-likeness (QED) is 0.292. The Kier molecular flexibility index (Phi) is 8.14. The van der Waals surface area contributed by atoms with Gasteiger partial charge in [0.2, 0.25) is 15.9 Å². The van der Waals surface area contributed by atoms with Gasteiger partial charge in [0.05, 0.1) is 12.0 Å². The molecule has 36 heavy (non-hydrogen) atoms. The third-order valence-corrected chi connectivity index (χ3v) is 8.18. The van der Waals surface area contributed by atoms with Crippen LogP contribution >= 0.6 is 11.3 Å². The fourth-order valence-electron chi connectivity index (χ4n) is 3.70. The third-order valence-electron chi connectivity index (χ3n) is 5.61. The summed E-state index contributed by atoms with van der Waals surface area (Å²) in [5, 5.41) is 3.73. The van der Waals surface area contributed by atoms with Crippen molar-refractivity contribution in [3.05, 3.63) is 94.9 Å². The summed E-state index contributed by atoms with van der Waals surface area (Å²) in [6, 6.07) is 23.5. The predicted molar refractivity (Wildman–Crippen MR) is 142 cm³/mol. The van der Waals surface area contributed by atoms with Crippen LogP contribution in [0, 0.1) is 0 Å². The van der Waals surface area contributed by atoms with Crippen LogP contribution in [0.1, 0.15) is 27.2 Å². The van der Waals surface area contributed by atoms with Crippen LogP contribution in [0.2, 0.25) is 0 Å². The van der Waals surface area contributed by atoms with Gasteiger partial charge in [-0.05, 0) is 65.8 Å². The minimum atomic E-state index is -3.60. The van der Waals surface area contributed by atoms with E-state index in [-0.39, 0.29) is 23.2 Å². The molecule has 1 heterocycles. The molecule has 0 saturated heterocycles. The van der Waals surface area contributed by atoms with E-state index < -0.39 is 10.0 Å². The summed E-state index contributed by atoms with van der Waals surface area (Å²) >= 11 is 1.34. The second kappa shape index (κ2) is 11.5. The molecule has 0 fully saturated rings. The van der Waals surface area contributed by atoms with E-state index in [1.54, 1.807) is 36.4 Å². The number of sulfonamides is 1. The maximum atomic E-state index is 12.6. The van der Waals surface area contributed by atoms with Crippen molar-refractivity contribution in [3.8, 4) is 0 Å². The van der Waals surface area contributed by atoms with Crippen LogP contribution in [0.25, 0.3) is 10.1 Å². The summed E-state index contributed by atoms with van der Waals surface area (Å²) in [5.41, 5.74) is 2.57. The molecule has 9 heteroatoms. The molecule has 0 bridgehead atoms. The van der Waals surface area contributed by atoms with Gasteiger partial charge in [-0.15, -0.1) is 11.3 Å². The van der Waals surface area contributed by atoms with Crippen LogP contribution < -0.4 is 10.0 Å². The lowest BCUT2D eigenvalue weighted by Crippen LogP contribution is -2.26. The number of aryl methyl sites for hydroxylation is 1. The lowest BCUT2D eigenvalue weighted by atomic mass is 10.1. The number of thiophene rings is 1. The minimum absolute atomic E-state index is 0.156. The van der Waals surface area contributed by atoms with E-state index in [4.69, 9.17) is 4.74 Å². The number of fused-ring (bicyclic) bond motifs is 1. The number of hydrogen-bond donors (Lipinski definition) is 2. The Hall–Kier alpha value is -3.53. The standard InChI is InChI=1S/C27H26N2O5S2/c1-34-27(31)25-18-21-17-22(10-13-24(21)35-25)29-26(30)14-9-20-7-11-23(12-8-20)36(32,33)28-16-15-19-5-3-2-4-6-19/h2-8,10-13,17-18,28H,9,14-16H2,1H3,(H,29,30). The van der Waals surface area contributed by atoms with Crippen molar-refractivity contribution in [2.45, 2.75) is 24.2 Å². The molecule has 7 nitrogen and oxygen atoms in total. The molecule has 0 aliphatic rings. The first-order chi connectivity index (χ1) is 17.3. The molecular formula is C27H26N2O5S2. The van der Waals surface area contributed by atoms with Crippen molar-refractivity contribution < 1.29 is 22.7 Å². The molecule has 0 aliphatic carbocycles. The van der Waals surface area contributed by atoms with Gasteiger partial charge < -0.3 is 10.1 Å². The lowest BCUT2D eigenvalue weighted by Gasteiger charge is -2.08. The van der Waals surface area contributed by atoms with E-state index >= 15 is 0 Å². The van der Waals surface area contributed by atoms with Crippen molar-refractivity contribution in [2.24, 2.45) is 0 Å². The molecule has 4 aromatic rings. The summed E-state index contributed by atoms with van der Waals surface area (Å²) < 4.78 is 33.4. The highest BCUT2D eigenvalue weighted by atomic mass is 32.2. The Morgan fingerprint density at radius 2 is 1.61 bits per heavy atom. The largest absolute Gasteiger partial charge is 0.465 e. The molecule has 1 aromatic heterocycles. The number of methoxy groups -OCH3 is 1. The SMILES string of the molecule is COC(=O)c1cc2cc(NC(=O)CCc3ccc(S(=O)(=O)NCCc4ccccc4)cc3)ccc2s1. The smallest absolute Gasteiger partial charge is 0.348 e. The van der Waals surface area contributed by atoms with Gasteiger partial charge in [0.15, 0.2) is 0 Å². The Bertz CT molecular complexity index is 1460. The average molecular weight is 523 g/mol. The summed E-state index contributed by atoms with van der Waals surface area (Å²) in [7, 11) is -2.26. The Labute approximate surface area is 214 Å². The van der Waals surface area contributed by atoms with Crippen molar-refractivity contribution in [1.82, 2.24) is 4.72 Å². The fraction of sp³-hybridized carbons (Fsp3) is 0.185. The molecular weight excluding hydrogens is 496 g/mol. The van der Waals surface area contributed by atoms with Gasteiger partial charge in [-0.1, -0.05) is 42.5 Å². The number of ether oxygens (including phenoxy) is 1. The Morgan fingerprint density at radius 3 is 2.33 bits per heavy atom. The van der Waals surface area contributed by atoms with E-state index in [2.05, 4.69) is 10.0 Å². The lowest BCUT2D eigenvalue weighted by molar-refractivity contribution is -0.116. The van der Waals surface area contributed by atoms with E-state index in [1.807, 2.05) is 42.5 Å². The molecule has 1 amide bonds. The highest BCUT2D eigenvalue weighted by Gasteiger charge is 2.14. The van der Waals surface area contributed by atoms with Crippen molar-refractivity contribution >= 4 is 49.0 Å². The zero-order valence-corrected chi connectivity index (χ0v) is 21.3. The van der Waals surface area contributed by atoms with E-state index in [9.17, 15) is 18.0 Å². The predicted octanol–water partition coefficient (Wildman–Crippen LogP) is 4.78. The number of hydrogen-bond acceptors (Lipinski definition) is 6. The minimum Gasteiger partial charge on any atom is -0.465 e. The number of amides is 1. The van der Waals surface area contributed by atoms with Gasteiger partial charge >= 0.3 is 5.97 Å². The van der Waals surface area contributed by atoms with E-state index in [0.717, 1.165) is 21.2 Å². The van der Waals surface area contributed by atoms with Gasteiger partial charge in [-0.25, -0.2) is 17.9 Å². The maximum Gasteiger partial charge on any atom is 0.348 e. The molecule has 4 rings (SSSR count). The van der Waals surface area contributed by atoms with E-state index in [0.29, 0.717) is 30.0 Å². The van der Waals surface area contributed by atoms with Crippen molar-refractivity contribution in [1.29, 1.82) is 0 Å². The number of benzene rings is 3. The first-order valence-electron chi connectivity index (χ1n) is 11.4. The molecule has 0 atom stereocenters. The Morgan fingerprint density at radius 1 is 0.889 bits per heavy atom. The summed E-state index contributed by atoms with van der Waals surface area (Å²) in [6.45, 7) is 0.315. The zero-order valence-electron chi connectivity index (χ0n) is 19.7. The molecule has 0 aliphatic heterocycles. The molecule has 0 spiro atoms. The summed E-state index contributed by atoms with van der Waals surface area (Å²) in [5.74, 6) is -0.541. The van der Waals surface area contributed by atoms with Gasteiger partial charge in [-0.3, -0.25) is 4.79 Å². The summed E-state index contributed by atoms with van der Waals surface area (Å²) in [6.07, 6.45) is 1.33. The highest BCUT2D eigenvalue weighted by Crippen LogP contribution is 2.28. The highest BCUT2D eigenvalue weighted by molar-refractivity contribution is 7.89. The monoisotopic (exact) mass is 522 g/mol. The number of carbonyl (C=O) groups is 2. The van der Waals surface area contributed by atoms with Gasteiger partial charge in [0.25, 0.3) is 0 Å². The fourth-order valence-corrected chi connectivity index (χ4v) is 5.69. The van der Waals surface area contributed by atoms with Crippen LogP contribution in [0.3, 0.4) is 0 Å². The van der Waals surface area contributed by atoms with Crippen LogP contribution in [0.15, 0.2) is 83.8 Å². The number of nitrogens with one attached hydrogen (secondary N) is 2. The third kappa shape index (κ3) is 6.57. The zero-order chi connectivity index (χ0) is 25.5. The molecule has 2 N–H and O–H groups in total. The topological polar surface area (TPSA) is 102 Å². The van der Waals surface area contributed by atoms with Gasteiger partial charge in [0, 0.05) is 23.4 Å². The second-order valence-corrected chi connectivity index (χ2v) is 11.0. The van der Waals surface area contributed by atoms with Crippen molar-refractivity contribution in [2.75, 3.05) is 19.0 Å². The van der Waals surface area contributed by atoms with Gasteiger partial charge in [-0.2, -0.15) is 0 Å². The molecule has 0 unspecified atom stereocenters. The van der Waals surface area contributed by atoms with Gasteiger partial charge in [0.1, 0.15) is 4.88 Å². The molecule has 0 radical (unpaired) electrons. The number of rotatable bonds is 10. The second-order valence-electron chi connectivity index (χ2n) is 8.18.